The first-order valence-corrected chi connectivity index (χ1v) is 8.97. The number of halogens is 1. The lowest BCUT2D eigenvalue weighted by Gasteiger charge is -2.22. The van der Waals surface area contributed by atoms with E-state index in [0.717, 1.165) is 16.8 Å². The molecular formula is C15H22BrNO2S. The van der Waals surface area contributed by atoms with Crippen LogP contribution in [0.5, 0.6) is 5.75 Å². The van der Waals surface area contributed by atoms with Crippen molar-refractivity contribution in [3.63, 3.8) is 0 Å². The molecule has 1 fully saturated rings. The van der Waals surface area contributed by atoms with E-state index in [1.807, 2.05) is 36.0 Å². The molecule has 1 aromatic rings. The molecule has 1 aliphatic rings. The fourth-order valence-electron chi connectivity index (χ4n) is 2.19. The topological polar surface area (TPSA) is 41.5 Å². The van der Waals surface area contributed by atoms with Crippen molar-refractivity contribution < 1.29 is 9.84 Å². The van der Waals surface area contributed by atoms with E-state index in [4.69, 9.17) is 4.74 Å². The van der Waals surface area contributed by atoms with Gasteiger partial charge in [0.15, 0.2) is 0 Å². The molecule has 0 aromatic heterocycles. The number of aliphatic hydroxyl groups is 1. The van der Waals surface area contributed by atoms with Crippen molar-refractivity contribution in [1.29, 1.82) is 0 Å². The maximum atomic E-state index is 9.90. The molecule has 2 N–H and O–H groups in total. The van der Waals surface area contributed by atoms with Gasteiger partial charge in [-0.1, -0.05) is 28.4 Å². The molecule has 0 saturated carbocycles. The van der Waals surface area contributed by atoms with Crippen molar-refractivity contribution in [1.82, 2.24) is 5.32 Å². The van der Waals surface area contributed by atoms with Crippen LogP contribution in [-0.2, 0) is 0 Å². The quantitative estimate of drug-likeness (QED) is 0.784. The number of thioether (sulfide) groups is 1. The van der Waals surface area contributed by atoms with Crippen molar-refractivity contribution >= 4 is 27.7 Å². The molecule has 2 atom stereocenters. The summed E-state index contributed by atoms with van der Waals surface area (Å²) in [7, 11) is 0. The van der Waals surface area contributed by atoms with Gasteiger partial charge in [0.25, 0.3) is 0 Å². The molecule has 0 bridgehead atoms. The maximum Gasteiger partial charge on any atom is 0.120 e. The van der Waals surface area contributed by atoms with E-state index < -0.39 is 6.10 Å². The number of ether oxygens (including phenoxy) is 1. The molecule has 1 saturated heterocycles. The van der Waals surface area contributed by atoms with Gasteiger partial charge in [-0.05, 0) is 36.8 Å². The van der Waals surface area contributed by atoms with Crippen molar-refractivity contribution in [2.24, 2.45) is 0 Å². The van der Waals surface area contributed by atoms with Gasteiger partial charge >= 0.3 is 0 Å². The van der Waals surface area contributed by atoms with Gasteiger partial charge in [-0.25, -0.2) is 0 Å². The first-order valence-electron chi connectivity index (χ1n) is 7.13. The molecular weight excluding hydrogens is 338 g/mol. The number of hydrogen-bond acceptors (Lipinski definition) is 4. The van der Waals surface area contributed by atoms with Gasteiger partial charge in [0, 0.05) is 22.8 Å². The van der Waals surface area contributed by atoms with Gasteiger partial charge in [0.05, 0.1) is 0 Å². The highest BCUT2D eigenvalue weighted by atomic mass is 79.9. The second-order valence-corrected chi connectivity index (χ2v) is 7.39. The Morgan fingerprint density at radius 3 is 3.10 bits per heavy atom. The van der Waals surface area contributed by atoms with E-state index in [0.29, 0.717) is 18.4 Å². The summed E-state index contributed by atoms with van der Waals surface area (Å²) in [5.41, 5.74) is 0. The predicted molar refractivity (Wildman–Crippen MR) is 88.6 cm³/mol. The van der Waals surface area contributed by atoms with E-state index in [1.165, 1.54) is 25.0 Å². The Hall–Kier alpha value is -0.230. The average Bonchev–Trinajstić information content (AvgIpc) is 2.46. The van der Waals surface area contributed by atoms with E-state index in [1.54, 1.807) is 0 Å². The highest BCUT2D eigenvalue weighted by molar-refractivity contribution is 9.10. The lowest BCUT2D eigenvalue weighted by Crippen LogP contribution is -2.35. The summed E-state index contributed by atoms with van der Waals surface area (Å²) < 4.78 is 6.55. The Labute approximate surface area is 133 Å². The van der Waals surface area contributed by atoms with Crippen LogP contribution in [0.25, 0.3) is 0 Å². The maximum absolute atomic E-state index is 9.90. The van der Waals surface area contributed by atoms with Crippen LogP contribution in [0.1, 0.15) is 19.3 Å². The van der Waals surface area contributed by atoms with E-state index in [-0.39, 0.29) is 0 Å². The molecule has 0 aliphatic carbocycles. The standard InChI is InChI=1S/C15H22BrNO2S/c16-12-4-3-5-14(8-12)19-11-13(18)9-17-10-15-6-1-2-7-20-15/h3-5,8,13,15,17-18H,1-2,6-7,9-11H2. The number of rotatable bonds is 7. The molecule has 0 radical (unpaired) electrons. The highest BCUT2D eigenvalue weighted by Gasteiger charge is 2.14. The van der Waals surface area contributed by atoms with Gasteiger partial charge < -0.3 is 15.2 Å². The molecule has 2 unspecified atom stereocenters. The molecule has 20 heavy (non-hydrogen) atoms. The number of aliphatic hydroxyl groups excluding tert-OH is 1. The molecule has 112 valence electrons. The molecule has 1 aliphatic heterocycles. The van der Waals surface area contributed by atoms with Gasteiger partial charge in [-0.3, -0.25) is 0 Å². The lowest BCUT2D eigenvalue weighted by atomic mass is 10.2. The van der Waals surface area contributed by atoms with Crippen molar-refractivity contribution in [3.05, 3.63) is 28.7 Å². The predicted octanol–water partition coefficient (Wildman–Crippen LogP) is 3.06. The van der Waals surface area contributed by atoms with Crippen LogP contribution in [0.3, 0.4) is 0 Å². The molecule has 5 heteroatoms. The summed E-state index contributed by atoms with van der Waals surface area (Å²) in [6.07, 6.45) is 3.52. The van der Waals surface area contributed by atoms with Crippen molar-refractivity contribution in [2.45, 2.75) is 30.6 Å². The normalized spacial score (nSPS) is 20.6. The minimum atomic E-state index is -0.470. The number of benzene rings is 1. The molecule has 2 rings (SSSR count). The third-order valence-electron chi connectivity index (χ3n) is 3.26. The van der Waals surface area contributed by atoms with E-state index in [9.17, 15) is 5.11 Å². The van der Waals surface area contributed by atoms with Gasteiger partial charge in [-0.15, -0.1) is 0 Å². The van der Waals surface area contributed by atoms with Crippen LogP contribution < -0.4 is 10.1 Å². The minimum Gasteiger partial charge on any atom is -0.491 e. The summed E-state index contributed by atoms with van der Waals surface area (Å²) in [6, 6.07) is 7.67. The van der Waals surface area contributed by atoms with Gasteiger partial charge in [0.2, 0.25) is 0 Å². The van der Waals surface area contributed by atoms with Crippen molar-refractivity contribution in [2.75, 3.05) is 25.4 Å². The van der Waals surface area contributed by atoms with Crippen molar-refractivity contribution in [3.8, 4) is 5.75 Å². The zero-order chi connectivity index (χ0) is 14.2. The third-order valence-corrected chi connectivity index (χ3v) is 5.16. The average molecular weight is 360 g/mol. The summed E-state index contributed by atoms with van der Waals surface area (Å²) in [4.78, 5) is 0. The Morgan fingerprint density at radius 1 is 1.45 bits per heavy atom. The first-order chi connectivity index (χ1) is 9.74. The second-order valence-electron chi connectivity index (χ2n) is 5.07. The largest absolute Gasteiger partial charge is 0.491 e. The van der Waals surface area contributed by atoms with Crippen LogP contribution >= 0.6 is 27.7 Å². The van der Waals surface area contributed by atoms with Crippen LogP contribution in [0.4, 0.5) is 0 Å². The summed E-state index contributed by atoms with van der Waals surface area (Å²) in [5, 5.41) is 14.0. The van der Waals surface area contributed by atoms with Crippen LogP contribution in [0, 0.1) is 0 Å². The van der Waals surface area contributed by atoms with Crippen LogP contribution in [0.2, 0.25) is 0 Å². The van der Waals surface area contributed by atoms with Crippen LogP contribution in [-0.4, -0.2) is 41.9 Å². The zero-order valence-electron chi connectivity index (χ0n) is 11.6. The number of hydrogen-bond donors (Lipinski definition) is 2. The fraction of sp³-hybridized carbons (Fsp3) is 0.600. The third kappa shape index (κ3) is 6.04. The summed E-state index contributed by atoms with van der Waals surface area (Å²) in [6.45, 7) is 1.89. The van der Waals surface area contributed by atoms with Gasteiger partial charge in [-0.2, -0.15) is 11.8 Å². The Morgan fingerprint density at radius 2 is 2.35 bits per heavy atom. The Kier molecular flexibility index (Phi) is 7.21. The number of nitrogens with one attached hydrogen (secondary N) is 1. The van der Waals surface area contributed by atoms with E-state index in [2.05, 4.69) is 21.2 Å². The molecule has 3 nitrogen and oxygen atoms in total. The lowest BCUT2D eigenvalue weighted by molar-refractivity contribution is 0.106. The first kappa shape index (κ1) is 16.1. The van der Waals surface area contributed by atoms with Crippen LogP contribution in [0.15, 0.2) is 28.7 Å². The molecule has 1 heterocycles. The second kappa shape index (κ2) is 8.93. The fourth-order valence-corrected chi connectivity index (χ4v) is 3.84. The Balaban J connectivity index is 1.59. The molecule has 0 spiro atoms. The SMILES string of the molecule is OC(CNCC1CCCCS1)COc1cccc(Br)c1. The zero-order valence-corrected chi connectivity index (χ0v) is 14.0. The summed E-state index contributed by atoms with van der Waals surface area (Å²) >= 11 is 5.44. The molecule has 1 aromatic carbocycles. The Bertz CT molecular complexity index is 399. The summed E-state index contributed by atoms with van der Waals surface area (Å²) in [5.74, 6) is 2.06. The monoisotopic (exact) mass is 359 g/mol. The van der Waals surface area contributed by atoms with E-state index >= 15 is 0 Å². The highest BCUT2D eigenvalue weighted by Crippen LogP contribution is 2.24. The smallest absolute Gasteiger partial charge is 0.120 e. The van der Waals surface area contributed by atoms with Gasteiger partial charge in [0.1, 0.15) is 18.5 Å². The molecule has 0 amide bonds. The minimum absolute atomic E-state index is 0.321.